The molecule has 0 aliphatic carbocycles. The average Bonchev–Trinajstić information content (AvgIpc) is 3.26. The quantitative estimate of drug-likeness (QED) is 0.453. The summed E-state index contributed by atoms with van der Waals surface area (Å²) < 4.78 is 37.7. The van der Waals surface area contributed by atoms with Crippen molar-refractivity contribution < 1.29 is 27.7 Å². The minimum Gasteiger partial charge on any atom is -0.343 e. The summed E-state index contributed by atoms with van der Waals surface area (Å²) in [7, 11) is 0. The van der Waals surface area contributed by atoms with Crippen LogP contribution < -0.4 is 10.6 Å². The highest BCUT2D eigenvalue weighted by atomic mass is 19.4. The van der Waals surface area contributed by atoms with Crippen LogP contribution in [0.2, 0.25) is 0 Å². The molecule has 0 aliphatic rings. The van der Waals surface area contributed by atoms with Gasteiger partial charge < -0.3 is 10.6 Å². The molecule has 0 aliphatic heterocycles. The largest absolute Gasteiger partial charge is 0.405 e. The Hall–Kier alpha value is -4.29. The molecule has 31 heavy (non-hydrogen) atoms. The lowest BCUT2D eigenvalue weighted by atomic mass is 10.1. The zero-order valence-electron chi connectivity index (χ0n) is 15.5. The first-order valence-electron chi connectivity index (χ1n) is 8.54. The van der Waals surface area contributed by atoms with Crippen LogP contribution in [0.25, 0.3) is 5.69 Å². The van der Waals surface area contributed by atoms with E-state index in [2.05, 4.69) is 15.4 Å². The normalized spacial score (nSPS) is 11.1. The van der Waals surface area contributed by atoms with Crippen LogP contribution >= 0.6 is 0 Å². The van der Waals surface area contributed by atoms with Crippen molar-refractivity contribution in [3.63, 3.8) is 0 Å². The van der Waals surface area contributed by atoms with Gasteiger partial charge in [-0.1, -0.05) is 0 Å². The van der Waals surface area contributed by atoms with Crippen LogP contribution in [0, 0.1) is 10.1 Å². The van der Waals surface area contributed by atoms with Gasteiger partial charge in [0.1, 0.15) is 24.9 Å². The number of nitro groups is 1. The molecule has 1 aromatic heterocycles. The van der Waals surface area contributed by atoms with E-state index in [1.54, 1.807) is 5.32 Å². The van der Waals surface area contributed by atoms with E-state index in [1.807, 2.05) is 0 Å². The first kappa shape index (κ1) is 21.4. The summed E-state index contributed by atoms with van der Waals surface area (Å²) in [5, 5.41) is 19.4. The van der Waals surface area contributed by atoms with Gasteiger partial charge in [-0.2, -0.15) is 18.3 Å². The molecule has 13 heteroatoms. The first-order chi connectivity index (χ1) is 14.6. The van der Waals surface area contributed by atoms with Gasteiger partial charge >= 0.3 is 6.18 Å². The summed E-state index contributed by atoms with van der Waals surface area (Å²) in [6, 6.07) is 8.88. The highest BCUT2D eigenvalue weighted by Crippen LogP contribution is 2.24. The predicted molar refractivity (Wildman–Crippen MR) is 101 cm³/mol. The van der Waals surface area contributed by atoms with E-state index in [4.69, 9.17) is 0 Å². The molecule has 0 atom stereocenters. The molecule has 1 heterocycles. The van der Waals surface area contributed by atoms with E-state index in [0.717, 1.165) is 6.07 Å². The van der Waals surface area contributed by atoms with Gasteiger partial charge in [0.25, 0.3) is 17.5 Å². The molecule has 2 aromatic carbocycles. The number of carbonyl (C=O) groups is 2. The number of aromatic nitrogens is 3. The summed E-state index contributed by atoms with van der Waals surface area (Å²) >= 11 is 0. The molecule has 3 aromatic rings. The number of nitro benzene ring substituents is 1. The van der Waals surface area contributed by atoms with Crippen LogP contribution in [-0.2, 0) is 0 Å². The van der Waals surface area contributed by atoms with Gasteiger partial charge in [-0.05, 0) is 36.4 Å². The van der Waals surface area contributed by atoms with E-state index in [0.29, 0.717) is 0 Å². The van der Waals surface area contributed by atoms with Gasteiger partial charge in [-0.3, -0.25) is 19.7 Å². The molecule has 2 N–H and O–H groups in total. The highest BCUT2D eigenvalue weighted by molar-refractivity contribution is 6.05. The summed E-state index contributed by atoms with van der Waals surface area (Å²) in [4.78, 5) is 38.6. The summed E-state index contributed by atoms with van der Waals surface area (Å²) in [5.41, 5.74) is -0.0545. The number of hydrogen-bond acceptors (Lipinski definition) is 6. The fourth-order valence-electron chi connectivity index (χ4n) is 2.53. The van der Waals surface area contributed by atoms with Gasteiger partial charge in [0.15, 0.2) is 0 Å². The number of alkyl halides is 3. The molecular weight excluding hydrogens is 421 g/mol. The number of amides is 2. The molecule has 0 bridgehead atoms. The Kier molecular flexibility index (Phi) is 5.95. The summed E-state index contributed by atoms with van der Waals surface area (Å²) in [5.74, 6) is -1.59. The fourth-order valence-corrected chi connectivity index (χ4v) is 2.53. The molecular formula is C18H13F3N6O4. The molecule has 0 spiro atoms. The third-order valence-corrected chi connectivity index (χ3v) is 3.95. The molecule has 2 amide bonds. The van der Waals surface area contributed by atoms with Gasteiger partial charge in [0.2, 0.25) is 0 Å². The first-order valence-corrected chi connectivity index (χ1v) is 8.54. The maximum atomic E-state index is 12.4. The lowest BCUT2D eigenvalue weighted by molar-refractivity contribution is -0.384. The van der Waals surface area contributed by atoms with Crippen molar-refractivity contribution in [3.8, 4) is 5.69 Å². The van der Waals surface area contributed by atoms with Crippen molar-refractivity contribution >= 4 is 23.2 Å². The van der Waals surface area contributed by atoms with Crippen molar-refractivity contribution in [2.45, 2.75) is 6.18 Å². The number of halogens is 3. The second-order valence-electron chi connectivity index (χ2n) is 6.13. The zero-order valence-corrected chi connectivity index (χ0v) is 15.5. The Morgan fingerprint density at radius 3 is 2.32 bits per heavy atom. The number of rotatable bonds is 6. The number of nitrogens with zero attached hydrogens (tertiary/aromatic N) is 4. The number of hydrogen-bond donors (Lipinski definition) is 2. The molecule has 0 fully saturated rings. The minimum atomic E-state index is -4.53. The van der Waals surface area contributed by atoms with Crippen LogP contribution in [0.1, 0.15) is 20.7 Å². The van der Waals surface area contributed by atoms with Gasteiger partial charge in [-0.15, -0.1) is 0 Å². The smallest absolute Gasteiger partial charge is 0.343 e. The molecule has 160 valence electrons. The maximum absolute atomic E-state index is 12.4. The second-order valence-corrected chi connectivity index (χ2v) is 6.13. The van der Waals surface area contributed by atoms with Crippen LogP contribution in [-0.4, -0.2) is 44.2 Å². The van der Waals surface area contributed by atoms with Crippen molar-refractivity contribution in [1.82, 2.24) is 20.1 Å². The molecule has 10 nitrogen and oxygen atoms in total. The number of anilines is 1. The highest BCUT2D eigenvalue weighted by Gasteiger charge is 2.28. The third-order valence-electron chi connectivity index (χ3n) is 3.95. The van der Waals surface area contributed by atoms with Crippen LogP contribution in [0.5, 0.6) is 0 Å². The second kappa shape index (κ2) is 8.61. The lowest BCUT2D eigenvalue weighted by Crippen LogP contribution is -2.33. The molecule has 0 saturated carbocycles. The zero-order chi connectivity index (χ0) is 22.6. The Balaban J connectivity index is 1.72. The number of carbonyl (C=O) groups excluding carboxylic acids is 2. The van der Waals surface area contributed by atoms with Gasteiger partial charge in [0.05, 0.1) is 4.92 Å². The topological polar surface area (TPSA) is 132 Å². The van der Waals surface area contributed by atoms with Crippen molar-refractivity contribution in [3.05, 3.63) is 76.4 Å². The molecule has 0 radical (unpaired) electrons. The van der Waals surface area contributed by atoms with Crippen molar-refractivity contribution in [1.29, 1.82) is 0 Å². The third kappa shape index (κ3) is 5.41. The SMILES string of the molecule is O=C(NCC(F)(F)F)c1ccc(NC(=O)c2ccc(-n3cncn3)c([N+](=O)[O-])c2)cc1. The van der Waals surface area contributed by atoms with Crippen LogP contribution in [0.3, 0.4) is 0 Å². The Morgan fingerprint density at radius 1 is 1.06 bits per heavy atom. The number of benzene rings is 2. The minimum absolute atomic E-state index is 0.0115. The van der Waals surface area contributed by atoms with Crippen LogP contribution in [0.15, 0.2) is 55.1 Å². The Labute approximate surface area is 171 Å². The Bertz CT molecular complexity index is 1110. The van der Waals surface area contributed by atoms with E-state index >= 15 is 0 Å². The van der Waals surface area contributed by atoms with E-state index in [1.165, 1.54) is 53.7 Å². The fraction of sp³-hybridized carbons (Fsp3) is 0.111. The summed E-state index contributed by atoms with van der Waals surface area (Å²) in [6.07, 6.45) is -2.05. The Morgan fingerprint density at radius 2 is 1.74 bits per heavy atom. The monoisotopic (exact) mass is 434 g/mol. The molecule has 0 saturated heterocycles. The summed E-state index contributed by atoms with van der Waals surface area (Å²) in [6.45, 7) is -1.46. The van der Waals surface area contributed by atoms with Gasteiger partial charge in [-0.25, -0.2) is 9.67 Å². The number of nitrogens with one attached hydrogen (secondary N) is 2. The standard InChI is InChI=1S/C18H13F3N6O4/c19-18(20,21)8-23-16(28)11-1-4-13(5-2-11)25-17(29)12-3-6-14(15(7-12)27(30)31)26-10-22-9-24-26/h1-7,9-10H,8H2,(H,23,28)(H,25,29). The average molecular weight is 434 g/mol. The maximum Gasteiger partial charge on any atom is 0.405 e. The van der Waals surface area contributed by atoms with Gasteiger partial charge in [0, 0.05) is 22.9 Å². The predicted octanol–water partition coefficient (Wildman–Crippen LogP) is 2.72. The van der Waals surface area contributed by atoms with Crippen molar-refractivity contribution in [2.75, 3.05) is 11.9 Å². The van der Waals surface area contributed by atoms with E-state index in [9.17, 15) is 32.9 Å². The van der Waals surface area contributed by atoms with Crippen molar-refractivity contribution in [2.24, 2.45) is 0 Å². The van der Waals surface area contributed by atoms with Crippen LogP contribution in [0.4, 0.5) is 24.5 Å². The molecule has 3 rings (SSSR count). The van der Waals surface area contributed by atoms with E-state index < -0.39 is 29.5 Å². The lowest BCUT2D eigenvalue weighted by Gasteiger charge is -2.10. The van der Waals surface area contributed by atoms with E-state index in [-0.39, 0.29) is 28.2 Å². The molecule has 0 unspecified atom stereocenters.